The van der Waals surface area contributed by atoms with Crippen molar-refractivity contribution in [2.24, 2.45) is 0 Å². The van der Waals surface area contributed by atoms with Crippen LogP contribution in [0.1, 0.15) is 41.0 Å². The van der Waals surface area contributed by atoms with E-state index < -0.39 is 0 Å². The Morgan fingerprint density at radius 3 is 2.33 bits per heavy atom. The Labute approximate surface area is 76.7 Å². The van der Waals surface area contributed by atoms with Crippen molar-refractivity contribution in [1.29, 1.82) is 0 Å². The summed E-state index contributed by atoms with van der Waals surface area (Å²) in [6, 6.07) is 0. The second-order valence-electron chi connectivity index (χ2n) is 4.08. The van der Waals surface area contributed by atoms with Crippen LogP contribution in [0.15, 0.2) is 0 Å². The number of hydrogen-bond acceptors (Lipinski definition) is 2. The SMILES string of the molecule is CCC(C)(C)NCCOC(C)C. The standard InChI is InChI=1S/C10H23NO/c1-6-10(4,5)11-7-8-12-9(2)3/h9,11H,6-8H2,1-5H3. The molecule has 2 nitrogen and oxygen atoms in total. The summed E-state index contributed by atoms with van der Waals surface area (Å²) in [6.45, 7) is 12.5. The summed E-state index contributed by atoms with van der Waals surface area (Å²) in [7, 11) is 0. The van der Waals surface area contributed by atoms with Gasteiger partial charge in [-0.15, -0.1) is 0 Å². The highest BCUT2D eigenvalue weighted by Gasteiger charge is 2.12. The summed E-state index contributed by atoms with van der Waals surface area (Å²) in [4.78, 5) is 0. The van der Waals surface area contributed by atoms with Crippen LogP contribution in [0.3, 0.4) is 0 Å². The van der Waals surface area contributed by atoms with E-state index in [1.54, 1.807) is 0 Å². The van der Waals surface area contributed by atoms with Gasteiger partial charge in [0, 0.05) is 12.1 Å². The average Bonchev–Trinajstić information content (AvgIpc) is 1.98. The summed E-state index contributed by atoms with van der Waals surface area (Å²) >= 11 is 0. The van der Waals surface area contributed by atoms with Gasteiger partial charge in [0.2, 0.25) is 0 Å². The summed E-state index contributed by atoms with van der Waals surface area (Å²) in [5.41, 5.74) is 0.250. The third-order valence-corrected chi connectivity index (χ3v) is 2.04. The molecule has 0 aliphatic heterocycles. The maximum Gasteiger partial charge on any atom is 0.0594 e. The molecule has 0 fully saturated rings. The Morgan fingerprint density at radius 1 is 1.33 bits per heavy atom. The number of nitrogens with one attached hydrogen (secondary N) is 1. The molecule has 74 valence electrons. The van der Waals surface area contributed by atoms with E-state index in [9.17, 15) is 0 Å². The number of hydrogen-bond donors (Lipinski definition) is 1. The minimum absolute atomic E-state index is 0.250. The number of rotatable bonds is 6. The van der Waals surface area contributed by atoms with E-state index in [0.29, 0.717) is 6.10 Å². The van der Waals surface area contributed by atoms with Gasteiger partial charge in [-0.1, -0.05) is 6.92 Å². The van der Waals surface area contributed by atoms with Gasteiger partial charge >= 0.3 is 0 Å². The lowest BCUT2D eigenvalue weighted by atomic mass is 10.0. The van der Waals surface area contributed by atoms with Crippen LogP contribution < -0.4 is 5.32 Å². The molecule has 0 aromatic rings. The molecule has 12 heavy (non-hydrogen) atoms. The van der Waals surface area contributed by atoms with Crippen LogP contribution in [-0.2, 0) is 4.74 Å². The molecule has 0 radical (unpaired) electrons. The summed E-state index contributed by atoms with van der Waals surface area (Å²) in [6.07, 6.45) is 1.49. The van der Waals surface area contributed by atoms with E-state index in [2.05, 4.69) is 39.9 Å². The molecule has 0 spiro atoms. The second kappa shape index (κ2) is 5.55. The fourth-order valence-corrected chi connectivity index (χ4v) is 0.809. The van der Waals surface area contributed by atoms with Crippen molar-refractivity contribution in [2.45, 2.75) is 52.7 Å². The Hall–Kier alpha value is -0.0800. The molecule has 0 saturated heterocycles. The van der Waals surface area contributed by atoms with Gasteiger partial charge in [0.25, 0.3) is 0 Å². The summed E-state index contributed by atoms with van der Waals surface area (Å²) in [5, 5.41) is 3.44. The first-order valence-corrected chi connectivity index (χ1v) is 4.84. The van der Waals surface area contributed by atoms with Gasteiger partial charge in [-0.25, -0.2) is 0 Å². The first-order valence-electron chi connectivity index (χ1n) is 4.84. The van der Waals surface area contributed by atoms with Crippen LogP contribution in [0.5, 0.6) is 0 Å². The Bertz CT molecular complexity index is 110. The van der Waals surface area contributed by atoms with E-state index in [4.69, 9.17) is 4.74 Å². The van der Waals surface area contributed by atoms with Gasteiger partial charge in [-0.05, 0) is 34.1 Å². The maximum atomic E-state index is 5.42. The van der Waals surface area contributed by atoms with Gasteiger partial charge in [0.15, 0.2) is 0 Å². The molecular formula is C10H23NO. The van der Waals surface area contributed by atoms with Crippen LogP contribution in [0.4, 0.5) is 0 Å². The van der Waals surface area contributed by atoms with Crippen molar-refractivity contribution in [3.05, 3.63) is 0 Å². The highest BCUT2D eigenvalue weighted by molar-refractivity contribution is 4.74. The predicted molar refractivity (Wildman–Crippen MR) is 53.5 cm³/mol. The van der Waals surface area contributed by atoms with E-state index in [-0.39, 0.29) is 5.54 Å². The molecule has 0 unspecified atom stereocenters. The molecule has 0 heterocycles. The first-order chi connectivity index (χ1) is 5.48. The van der Waals surface area contributed by atoms with Crippen LogP contribution >= 0.6 is 0 Å². The lowest BCUT2D eigenvalue weighted by Gasteiger charge is -2.24. The zero-order valence-corrected chi connectivity index (χ0v) is 9.11. The average molecular weight is 173 g/mol. The van der Waals surface area contributed by atoms with Gasteiger partial charge in [0.1, 0.15) is 0 Å². The third-order valence-electron chi connectivity index (χ3n) is 2.04. The first kappa shape index (κ1) is 11.9. The third kappa shape index (κ3) is 6.62. The summed E-state index contributed by atoms with van der Waals surface area (Å²) < 4.78 is 5.42. The highest BCUT2D eigenvalue weighted by atomic mass is 16.5. The van der Waals surface area contributed by atoms with Crippen molar-refractivity contribution in [2.75, 3.05) is 13.2 Å². The van der Waals surface area contributed by atoms with Crippen LogP contribution in [0.25, 0.3) is 0 Å². The summed E-state index contributed by atoms with van der Waals surface area (Å²) in [5.74, 6) is 0. The van der Waals surface area contributed by atoms with Crippen molar-refractivity contribution in [3.8, 4) is 0 Å². The number of ether oxygens (including phenoxy) is 1. The molecule has 0 bridgehead atoms. The van der Waals surface area contributed by atoms with E-state index in [0.717, 1.165) is 19.6 Å². The molecule has 2 heteroatoms. The predicted octanol–water partition coefficient (Wildman–Crippen LogP) is 2.19. The largest absolute Gasteiger partial charge is 0.377 e. The lowest BCUT2D eigenvalue weighted by Crippen LogP contribution is -2.40. The fraction of sp³-hybridized carbons (Fsp3) is 1.00. The Morgan fingerprint density at radius 2 is 1.92 bits per heavy atom. The molecule has 0 aromatic carbocycles. The van der Waals surface area contributed by atoms with E-state index >= 15 is 0 Å². The topological polar surface area (TPSA) is 21.3 Å². The Balaban J connectivity index is 3.31. The quantitative estimate of drug-likeness (QED) is 0.622. The fourth-order valence-electron chi connectivity index (χ4n) is 0.809. The molecule has 0 amide bonds. The van der Waals surface area contributed by atoms with Gasteiger partial charge in [0.05, 0.1) is 12.7 Å². The van der Waals surface area contributed by atoms with Crippen LogP contribution in [0, 0.1) is 0 Å². The molecule has 0 saturated carbocycles. The normalized spacial score (nSPS) is 12.5. The Kier molecular flexibility index (Phi) is 5.51. The maximum absolute atomic E-state index is 5.42. The minimum atomic E-state index is 0.250. The zero-order chi connectivity index (χ0) is 9.61. The minimum Gasteiger partial charge on any atom is -0.377 e. The molecule has 0 aliphatic carbocycles. The van der Waals surface area contributed by atoms with Crippen LogP contribution in [0.2, 0.25) is 0 Å². The zero-order valence-electron chi connectivity index (χ0n) is 9.11. The molecule has 0 aliphatic rings. The molecule has 1 N–H and O–H groups in total. The molecule has 0 rings (SSSR count). The van der Waals surface area contributed by atoms with Crippen molar-refractivity contribution < 1.29 is 4.74 Å². The van der Waals surface area contributed by atoms with Gasteiger partial charge in [-0.3, -0.25) is 0 Å². The van der Waals surface area contributed by atoms with E-state index in [1.807, 2.05) is 0 Å². The van der Waals surface area contributed by atoms with Crippen LogP contribution in [-0.4, -0.2) is 24.8 Å². The molecular weight excluding hydrogens is 150 g/mol. The molecule has 0 atom stereocenters. The second-order valence-corrected chi connectivity index (χ2v) is 4.08. The van der Waals surface area contributed by atoms with E-state index in [1.165, 1.54) is 0 Å². The monoisotopic (exact) mass is 173 g/mol. The lowest BCUT2D eigenvalue weighted by molar-refractivity contribution is 0.0768. The highest BCUT2D eigenvalue weighted by Crippen LogP contribution is 2.05. The van der Waals surface area contributed by atoms with Crippen molar-refractivity contribution in [1.82, 2.24) is 5.32 Å². The smallest absolute Gasteiger partial charge is 0.0594 e. The van der Waals surface area contributed by atoms with Gasteiger partial charge < -0.3 is 10.1 Å². The van der Waals surface area contributed by atoms with Crippen molar-refractivity contribution >= 4 is 0 Å². The van der Waals surface area contributed by atoms with Gasteiger partial charge in [-0.2, -0.15) is 0 Å². The molecule has 0 aromatic heterocycles. The van der Waals surface area contributed by atoms with Crippen molar-refractivity contribution in [3.63, 3.8) is 0 Å².